The Morgan fingerprint density at radius 1 is 1.26 bits per heavy atom. The van der Waals surface area contributed by atoms with Gasteiger partial charge < -0.3 is 20.5 Å². The van der Waals surface area contributed by atoms with Gasteiger partial charge in [0.2, 0.25) is 10.0 Å². The van der Waals surface area contributed by atoms with Crippen LogP contribution in [0.5, 0.6) is 5.75 Å². The second-order valence-electron chi connectivity index (χ2n) is 8.18. The van der Waals surface area contributed by atoms with Crippen LogP contribution in [0.3, 0.4) is 0 Å². The number of amidine groups is 2. The summed E-state index contributed by atoms with van der Waals surface area (Å²) in [7, 11) is -4.15. The van der Waals surface area contributed by atoms with Crippen LogP contribution in [-0.4, -0.2) is 67.6 Å². The Labute approximate surface area is 204 Å². The molecule has 35 heavy (non-hydrogen) atoms. The lowest BCUT2D eigenvalue weighted by Gasteiger charge is -2.23. The summed E-state index contributed by atoms with van der Waals surface area (Å²) in [6.07, 6.45) is 4.01. The smallest absolute Gasteiger partial charge is 0.320 e. The first kappa shape index (κ1) is 25.8. The number of ether oxygens (including phenoxy) is 1. The molecule has 0 saturated carbocycles. The fraction of sp³-hybridized carbons (Fsp3) is 0.292. The van der Waals surface area contributed by atoms with Crippen molar-refractivity contribution in [1.82, 2.24) is 4.90 Å². The molecule has 1 heterocycles. The summed E-state index contributed by atoms with van der Waals surface area (Å²) in [5.74, 6) is -1.51. The van der Waals surface area contributed by atoms with Crippen molar-refractivity contribution in [2.24, 2.45) is 5.73 Å². The zero-order valence-electron chi connectivity index (χ0n) is 19.3. The number of nitrogen functional groups attached to an aromatic ring is 1. The Bertz CT molecular complexity index is 1230. The van der Waals surface area contributed by atoms with E-state index in [0.717, 1.165) is 22.8 Å². The number of hydrogen-bond donors (Lipinski definition) is 4. The number of carboxylic acids is 1. The van der Waals surface area contributed by atoms with Gasteiger partial charge in [-0.25, -0.2) is 8.42 Å². The van der Waals surface area contributed by atoms with E-state index in [0.29, 0.717) is 29.4 Å². The molecule has 0 spiro atoms. The van der Waals surface area contributed by atoms with Crippen molar-refractivity contribution >= 4 is 39.4 Å². The number of likely N-dealkylation sites (tertiary alicyclic amines) is 1. The Balaban J connectivity index is 1.77. The number of rotatable bonds is 10. The normalized spacial score (nSPS) is 15.8. The van der Waals surface area contributed by atoms with Crippen molar-refractivity contribution < 1.29 is 23.1 Å². The molecule has 2 aromatic carbocycles. The van der Waals surface area contributed by atoms with Crippen molar-refractivity contribution in [3.63, 3.8) is 0 Å². The van der Waals surface area contributed by atoms with Crippen LogP contribution in [0.2, 0.25) is 0 Å². The zero-order valence-corrected chi connectivity index (χ0v) is 20.2. The standard InChI is InChI=1S/C24H29N5O5S/c1-17(25)28-13-11-22(15-28)34-21-9-7-20(8-10-21)29(35(32,33)16-23(30)31)12-3-5-18-4-2-6-19(14-18)24(26)27/h2-10,14,22,25H,11-13,15-16H2,1H3,(H3,26,27)(H,30,31). The summed E-state index contributed by atoms with van der Waals surface area (Å²) in [4.78, 5) is 13.1. The van der Waals surface area contributed by atoms with Crippen molar-refractivity contribution in [2.75, 3.05) is 29.7 Å². The van der Waals surface area contributed by atoms with Gasteiger partial charge in [0.1, 0.15) is 17.7 Å². The molecule has 1 aliphatic heterocycles. The van der Waals surface area contributed by atoms with Gasteiger partial charge in [-0.3, -0.25) is 19.9 Å². The van der Waals surface area contributed by atoms with Gasteiger partial charge in [-0.05, 0) is 42.8 Å². The van der Waals surface area contributed by atoms with E-state index in [1.54, 1.807) is 67.6 Å². The summed E-state index contributed by atoms with van der Waals surface area (Å²) in [6, 6.07) is 13.4. The first-order valence-corrected chi connectivity index (χ1v) is 12.6. The Kier molecular flexibility index (Phi) is 8.13. The van der Waals surface area contributed by atoms with Crippen LogP contribution in [0.4, 0.5) is 5.69 Å². The number of aliphatic carboxylic acids is 1. The topological polar surface area (TPSA) is 161 Å². The van der Waals surface area contributed by atoms with Gasteiger partial charge in [-0.15, -0.1) is 0 Å². The third kappa shape index (κ3) is 7.06. The third-order valence-corrected chi connectivity index (χ3v) is 7.11. The van der Waals surface area contributed by atoms with Crippen molar-refractivity contribution in [3.05, 3.63) is 65.7 Å². The number of benzene rings is 2. The molecule has 2 aromatic rings. The maximum atomic E-state index is 12.8. The molecule has 5 N–H and O–H groups in total. The highest BCUT2D eigenvalue weighted by Gasteiger charge is 2.26. The first-order chi connectivity index (χ1) is 16.5. The van der Waals surface area contributed by atoms with Gasteiger partial charge in [0.05, 0.1) is 24.6 Å². The molecular weight excluding hydrogens is 470 g/mol. The minimum absolute atomic E-state index is 0.0679. The highest BCUT2D eigenvalue weighted by molar-refractivity contribution is 7.93. The number of hydrogen-bond acceptors (Lipinski definition) is 6. The lowest BCUT2D eigenvalue weighted by molar-refractivity contribution is -0.134. The summed E-state index contributed by atoms with van der Waals surface area (Å²) in [5.41, 5.74) is 7.09. The molecule has 0 radical (unpaired) electrons. The maximum Gasteiger partial charge on any atom is 0.320 e. The molecular formula is C24H29N5O5S. The molecule has 1 saturated heterocycles. The number of anilines is 1. The molecule has 1 atom stereocenters. The van der Waals surface area contributed by atoms with Crippen LogP contribution in [0.25, 0.3) is 6.08 Å². The summed E-state index contributed by atoms with van der Waals surface area (Å²) in [5, 5.41) is 24.4. The lowest BCUT2D eigenvalue weighted by Crippen LogP contribution is -2.35. The average Bonchev–Trinajstić information content (AvgIpc) is 3.25. The van der Waals surface area contributed by atoms with Crippen LogP contribution in [0.15, 0.2) is 54.6 Å². The van der Waals surface area contributed by atoms with E-state index in [1.807, 2.05) is 4.90 Å². The Morgan fingerprint density at radius 3 is 2.57 bits per heavy atom. The van der Waals surface area contributed by atoms with Crippen LogP contribution >= 0.6 is 0 Å². The van der Waals surface area contributed by atoms with E-state index in [2.05, 4.69) is 0 Å². The summed E-state index contributed by atoms with van der Waals surface area (Å²) < 4.78 is 32.6. The minimum atomic E-state index is -4.15. The van der Waals surface area contributed by atoms with E-state index in [-0.39, 0.29) is 18.5 Å². The summed E-state index contributed by atoms with van der Waals surface area (Å²) in [6.45, 7) is 3.01. The molecule has 186 valence electrons. The predicted octanol–water partition coefficient (Wildman–Crippen LogP) is 2.36. The SMILES string of the molecule is CC(=N)N1CCC(Oc2ccc(N(CC=Cc3cccc(C(=N)N)c3)S(=O)(=O)CC(=O)O)cc2)C1. The van der Waals surface area contributed by atoms with Crippen molar-refractivity contribution in [2.45, 2.75) is 19.4 Å². The first-order valence-electron chi connectivity index (χ1n) is 10.9. The van der Waals surface area contributed by atoms with Gasteiger partial charge in [0, 0.05) is 18.5 Å². The predicted molar refractivity (Wildman–Crippen MR) is 136 cm³/mol. The Morgan fingerprint density at radius 2 is 1.97 bits per heavy atom. The molecule has 0 aliphatic carbocycles. The lowest BCUT2D eigenvalue weighted by atomic mass is 10.1. The van der Waals surface area contributed by atoms with Crippen LogP contribution < -0.4 is 14.8 Å². The van der Waals surface area contributed by atoms with E-state index in [4.69, 9.17) is 26.4 Å². The quantitative estimate of drug-likeness (QED) is 0.288. The average molecular weight is 500 g/mol. The Hall–Kier alpha value is -3.86. The van der Waals surface area contributed by atoms with Crippen LogP contribution in [-0.2, 0) is 14.8 Å². The van der Waals surface area contributed by atoms with Crippen LogP contribution in [0, 0.1) is 10.8 Å². The second-order valence-corrected chi connectivity index (χ2v) is 10.1. The van der Waals surface area contributed by atoms with E-state index >= 15 is 0 Å². The van der Waals surface area contributed by atoms with E-state index < -0.39 is 21.7 Å². The van der Waals surface area contributed by atoms with E-state index in [1.165, 1.54) is 0 Å². The highest BCUT2D eigenvalue weighted by Crippen LogP contribution is 2.25. The number of nitrogens with one attached hydrogen (secondary N) is 2. The fourth-order valence-electron chi connectivity index (χ4n) is 3.72. The second kappa shape index (κ2) is 11.0. The maximum absolute atomic E-state index is 12.8. The number of nitrogens with zero attached hydrogens (tertiary/aromatic N) is 2. The third-order valence-electron chi connectivity index (χ3n) is 5.47. The largest absolute Gasteiger partial charge is 0.489 e. The minimum Gasteiger partial charge on any atom is -0.489 e. The number of carbonyl (C=O) groups is 1. The molecule has 0 bridgehead atoms. The van der Waals surface area contributed by atoms with Crippen molar-refractivity contribution in [3.8, 4) is 5.75 Å². The van der Waals surface area contributed by atoms with Gasteiger partial charge in [-0.2, -0.15) is 0 Å². The molecule has 1 aliphatic rings. The molecule has 0 aromatic heterocycles. The van der Waals surface area contributed by atoms with Gasteiger partial charge >= 0.3 is 5.97 Å². The molecule has 1 fully saturated rings. The molecule has 0 amide bonds. The number of sulfonamides is 1. The fourth-order valence-corrected chi connectivity index (χ4v) is 4.94. The van der Waals surface area contributed by atoms with Gasteiger partial charge in [-0.1, -0.05) is 30.4 Å². The summed E-state index contributed by atoms with van der Waals surface area (Å²) >= 11 is 0. The zero-order chi connectivity index (χ0) is 25.6. The molecule has 11 heteroatoms. The van der Waals surface area contributed by atoms with Crippen LogP contribution in [0.1, 0.15) is 24.5 Å². The van der Waals surface area contributed by atoms with Crippen molar-refractivity contribution in [1.29, 1.82) is 10.8 Å². The highest BCUT2D eigenvalue weighted by atomic mass is 32.2. The molecule has 3 rings (SSSR count). The van der Waals surface area contributed by atoms with Gasteiger partial charge in [0.15, 0.2) is 5.75 Å². The molecule has 10 nitrogen and oxygen atoms in total. The number of nitrogens with two attached hydrogens (primary N) is 1. The van der Waals surface area contributed by atoms with Gasteiger partial charge in [0.25, 0.3) is 0 Å². The van der Waals surface area contributed by atoms with E-state index in [9.17, 15) is 13.2 Å². The number of carboxylic acid groups (broad SMARTS) is 1. The monoisotopic (exact) mass is 499 g/mol. The molecule has 1 unspecified atom stereocenters.